The Kier molecular flexibility index (Phi) is 6.66. The van der Waals surface area contributed by atoms with Crippen LogP contribution in [-0.4, -0.2) is 28.9 Å². The van der Waals surface area contributed by atoms with Gasteiger partial charge in [-0.1, -0.05) is 91.0 Å². The predicted molar refractivity (Wildman–Crippen MR) is 130 cm³/mol. The molecule has 5 rings (SSSR count). The molecule has 2 heterocycles. The van der Waals surface area contributed by atoms with E-state index in [4.69, 9.17) is 0 Å². The first-order valence-corrected chi connectivity index (χ1v) is 12.4. The SMILES string of the molecule is O=C1CC(=P(c2ccccc2)(c2ccccc2)c2ccccc2)C(=O)N1.O=C1CCC(=O)N1. The van der Waals surface area contributed by atoms with Crippen LogP contribution >= 0.6 is 6.89 Å². The molecule has 0 atom stereocenters. The molecule has 33 heavy (non-hydrogen) atoms. The summed E-state index contributed by atoms with van der Waals surface area (Å²) in [5.74, 6) is -0.771. The lowest BCUT2D eigenvalue weighted by atomic mass is 10.3. The zero-order valence-corrected chi connectivity index (χ0v) is 18.8. The Morgan fingerprint density at radius 1 is 0.515 bits per heavy atom. The van der Waals surface area contributed by atoms with E-state index in [2.05, 4.69) is 47.0 Å². The molecule has 3 aromatic rings. The second kappa shape index (κ2) is 9.80. The van der Waals surface area contributed by atoms with E-state index in [1.807, 2.05) is 54.6 Å². The zero-order valence-electron chi connectivity index (χ0n) is 17.9. The molecule has 0 radical (unpaired) electrons. The summed E-state index contributed by atoms with van der Waals surface area (Å²) in [4.78, 5) is 45.1. The van der Waals surface area contributed by atoms with Gasteiger partial charge in [-0.25, -0.2) is 0 Å². The number of hydrogen-bond donors (Lipinski definition) is 2. The minimum Gasteiger partial charge on any atom is -0.296 e. The van der Waals surface area contributed by atoms with Gasteiger partial charge < -0.3 is 0 Å². The van der Waals surface area contributed by atoms with E-state index >= 15 is 0 Å². The zero-order chi connectivity index (χ0) is 23.3. The van der Waals surface area contributed by atoms with Gasteiger partial charge in [-0.3, -0.25) is 29.8 Å². The molecule has 0 saturated carbocycles. The highest BCUT2D eigenvalue weighted by molar-refractivity contribution is 7.96. The monoisotopic (exact) mass is 458 g/mol. The second-order valence-electron chi connectivity index (χ2n) is 7.65. The maximum atomic E-state index is 12.8. The molecule has 0 aromatic heterocycles. The highest BCUT2D eigenvalue weighted by atomic mass is 31.2. The highest BCUT2D eigenvalue weighted by Gasteiger charge is 2.37. The van der Waals surface area contributed by atoms with E-state index in [0.717, 1.165) is 15.9 Å². The first kappa shape index (κ1) is 22.4. The van der Waals surface area contributed by atoms with Crippen molar-refractivity contribution < 1.29 is 19.2 Å². The number of hydrogen-bond acceptors (Lipinski definition) is 4. The lowest BCUT2D eigenvalue weighted by Gasteiger charge is -2.30. The van der Waals surface area contributed by atoms with Gasteiger partial charge in [0.1, 0.15) is 0 Å². The van der Waals surface area contributed by atoms with Crippen LogP contribution in [0.2, 0.25) is 0 Å². The molecule has 2 N–H and O–H groups in total. The average Bonchev–Trinajstić information content (AvgIpc) is 3.39. The quantitative estimate of drug-likeness (QED) is 0.461. The van der Waals surface area contributed by atoms with Crippen LogP contribution in [0.3, 0.4) is 0 Å². The molecule has 2 aliphatic rings. The van der Waals surface area contributed by atoms with Crippen molar-refractivity contribution in [2.75, 3.05) is 0 Å². The lowest BCUT2D eigenvalue weighted by molar-refractivity contribution is -0.126. The van der Waals surface area contributed by atoms with Crippen LogP contribution in [-0.2, 0) is 19.2 Å². The van der Waals surface area contributed by atoms with Crippen molar-refractivity contribution >= 4 is 51.7 Å². The van der Waals surface area contributed by atoms with E-state index in [9.17, 15) is 19.2 Å². The molecule has 7 heteroatoms. The normalized spacial score (nSPS) is 15.6. The van der Waals surface area contributed by atoms with E-state index in [1.54, 1.807) is 0 Å². The molecule has 2 fully saturated rings. The molecule has 2 saturated heterocycles. The third kappa shape index (κ3) is 4.57. The third-order valence-electron chi connectivity index (χ3n) is 5.54. The van der Waals surface area contributed by atoms with Crippen LogP contribution in [0.25, 0.3) is 0 Å². The van der Waals surface area contributed by atoms with E-state index in [-0.39, 0.29) is 30.0 Å². The topological polar surface area (TPSA) is 92.3 Å². The van der Waals surface area contributed by atoms with Gasteiger partial charge >= 0.3 is 0 Å². The third-order valence-corrected chi connectivity index (χ3v) is 9.93. The summed E-state index contributed by atoms with van der Waals surface area (Å²) in [6.07, 6.45) is 0.892. The van der Waals surface area contributed by atoms with Gasteiger partial charge in [0.2, 0.25) is 17.7 Å². The minimum atomic E-state index is -2.41. The molecular formula is C26H23N2O4P. The van der Waals surface area contributed by atoms with Gasteiger partial charge in [-0.05, 0) is 22.8 Å². The highest BCUT2D eigenvalue weighted by Crippen LogP contribution is 2.47. The first-order valence-electron chi connectivity index (χ1n) is 10.6. The summed E-state index contributed by atoms with van der Waals surface area (Å²) < 4.78 is 0. The van der Waals surface area contributed by atoms with Gasteiger partial charge in [0, 0.05) is 18.1 Å². The Bertz CT molecular complexity index is 1140. The molecule has 0 spiro atoms. The van der Waals surface area contributed by atoms with Crippen molar-refractivity contribution in [1.29, 1.82) is 0 Å². The molecule has 6 nitrogen and oxygen atoms in total. The fourth-order valence-electron chi connectivity index (χ4n) is 4.12. The van der Waals surface area contributed by atoms with Crippen LogP contribution in [0.4, 0.5) is 0 Å². The number of nitrogens with one attached hydrogen (secondary N) is 2. The van der Waals surface area contributed by atoms with Crippen LogP contribution in [0.5, 0.6) is 0 Å². The lowest BCUT2D eigenvalue weighted by Crippen LogP contribution is -2.33. The van der Waals surface area contributed by atoms with Crippen molar-refractivity contribution in [2.45, 2.75) is 19.3 Å². The maximum Gasteiger partial charge on any atom is 0.255 e. The fourth-order valence-corrected chi connectivity index (χ4v) is 8.55. The molecule has 0 unspecified atom stereocenters. The van der Waals surface area contributed by atoms with Crippen molar-refractivity contribution in [3.05, 3.63) is 91.0 Å². The smallest absolute Gasteiger partial charge is 0.255 e. The summed E-state index contributed by atoms with van der Waals surface area (Å²) in [5.41, 5.74) is 0. The largest absolute Gasteiger partial charge is 0.296 e. The standard InChI is InChI=1S/C22H18NO2P.C4H5NO2/c24-21-16-20(22(25)23-21)26(17-10-4-1-5-11-17,18-12-6-2-7-13-18)19-14-8-3-9-15-19;6-3-1-2-4(7)5-3/h1-15H,16H2,(H,23,24,25);1-2H2,(H,5,6,7). The Morgan fingerprint density at radius 2 is 0.909 bits per heavy atom. The van der Waals surface area contributed by atoms with Crippen molar-refractivity contribution in [2.24, 2.45) is 0 Å². The molecule has 3 aromatic carbocycles. The maximum absolute atomic E-state index is 12.8. The summed E-state index contributed by atoms with van der Waals surface area (Å²) in [5, 5.41) is 8.55. The molecule has 166 valence electrons. The Labute approximate surface area is 192 Å². The van der Waals surface area contributed by atoms with Crippen LogP contribution in [0.1, 0.15) is 19.3 Å². The van der Waals surface area contributed by atoms with Crippen LogP contribution < -0.4 is 26.5 Å². The van der Waals surface area contributed by atoms with Gasteiger partial charge in [0.15, 0.2) is 0 Å². The number of benzene rings is 3. The summed E-state index contributed by atoms with van der Waals surface area (Å²) in [7, 11) is 0. The molecule has 2 aliphatic heterocycles. The number of carbonyl (C=O) groups excluding carboxylic acids is 4. The summed E-state index contributed by atoms with van der Waals surface area (Å²) in [6.45, 7) is -2.41. The number of rotatable bonds is 3. The minimum absolute atomic E-state index is 0.144. The summed E-state index contributed by atoms with van der Waals surface area (Å²) >= 11 is 0. The second-order valence-corrected chi connectivity index (χ2v) is 11.1. The van der Waals surface area contributed by atoms with Crippen molar-refractivity contribution in [1.82, 2.24) is 10.6 Å². The van der Waals surface area contributed by atoms with E-state index in [0.29, 0.717) is 18.1 Å². The van der Waals surface area contributed by atoms with Gasteiger partial charge in [-0.2, -0.15) is 0 Å². The molecule has 0 aliphatic carbocycles. The Hall–Kier alpha value is -3.76. The predicted octanol–water partition coefficient (Wildman–Crippen LogP) is 1.62. The molecule has 0 bridgehead atoms. The Balaban J connectivity index is 0.000000318. The Morgan fingerprint density at radius 3 is 1.18 bits per heavy atom. The van der Waals surface area contributed by atoms with E-state index in [1.165, 1.54) is 0 Å². The van der Waals surface area contributed by atoms with Gasteiger partial charge in [0.25, 0.3) is 5.91 Å². The van der Waals surface area contributed by atoms with E-state index < -0.39 is 6.89 Å². The van der Waals surface area contributed by atoms with Crippen molar-refractivity contribution in [3.8, 4) is 0 Å². The van der Waals surface area contributed by atoms with Crippen molar-refractivity contribution in [3.63, 3.8) is 0 Å². The first-order chi connectivity index (χ1) is 16.0. The number of carbonyl (C=O) groups is 4. The number of imide groups is 2. The van der Waals surface area contributed by atoms with Crippen LogP contribution in [0, 0.1) is 0 Å². The number of amides is 4. The van der Waals surface area contributed by atoms with Crippen LogP contribution in [0.15, 0.2) is 91.0 Å². The summed E-state index contributed by atoms with van der Waals surface area (Å²) in [6, 6.07) is 30.3. The van der Waals surface area contributed by atoms with Gasteiger partial charge in [0.05, 0.1) is 6.42 Å². The van der Waals surface area contributed by atoms with Gasteiger partial charge in [-0.15, -0.1) is 0 Å². The average molecular weight is 458 g/mol. The molecule has 4 amide bonds. The fraction of sp³-hybridized carbons (Fsp3) is 0.115. The molecular weight excluding hydrogens is 435 g/mol.